The molecule has 19 heavy (non-hydrogen) atoms. The maximum Gasteiger partial charge on any atom is 0.348 e. The largest absolute Gasteiger partial charge is 0.465 e. The van der Waals surface area contributed by atoms with Crippen LogP contribution in [0.25, 0.3) is 0 Å². The smallest absolute Gasteiger partial charge is 0.348 e. The molecule has 4 nitrogen and oxygen atoms in total. The Bertz CT molecular complexity index is 436. The lowest BCUT2D eigenvalue weighted by Crippen LogP contribution is -2.34. The zero-order valence-electron chi connectivity index (χ0n) is 11.5. The first-order valence-corrected chi connectivity index (χ1v) is 7.46. The average Bonchev–Trinajstić information content (AvgIpc) is 2.80. The molecule has 1 aliphatic heterocycles. The Morgan fingerprint density at radius 2 is 2.21 bits per heavy atom. The molecule has 1 aromatic rings. The van der Waals surface area contributed by atoms with Crippen molar-refractivity contribution in [3.05, 3.63) is 21.4 Å². The number of carbonyl (C=O) groups excluding carboxylic acids is 1. The molecule has 1 N–H and O–H groups in total. The van der Waals surface area contributed by atoms with Crippen molar-refractivity contribution in [3.8, 4) is 0 Å². The fourth-order valence-corrected chi connectivity index (χ4v) is 3.40. The Hall–Kier alpha value is -0.910. The molecule has 0 unspecified atom stereocenters. The first kappa shape index (κ1) is 14.5. The third-order valence-corrected chi connectivity index (χ3v) is 4.84. The van der Waals surface area contributed by atoms with Crippen LogP contribution in [0.2, 0.25) is 0 Å². The number of aryl methyl sites for hydroxylation is 1. The van der Waals surface area contributed by atoms with Gasteiger partial charge in [0.05, 0.1) is 7.11 Å². The SMILES string of the molecule is COC(=O)c1cc(CN2CCC(CO)CC2)c(C)s1. The summed E-state index contributed by atoms with van der Waals surface area (Å²) >= 11 is 1.50. The number of esters is 1. The van der Waals surface area contributed by atoms with Crippen molar-refractivity contribution in [1.29, 1.82) is 0 Å². The molecule has 2 heterocycles. The summed E-state index contributed by atoms with van der Waals surface area (Å²) in [7, 11) is 1.41. The molecule has 106 valence electrons. The van der Waals surface area contributed by atoms with Crippen LogP contribution in [0.1, 0.15) is 33.0 Å². The average molecular weight is 283 g/mol. The maximum atomic E-state index is 11.5. The molecule has 0 amide bonds. The predicted molar refractivity (Wildman–Crippen MR) is 75.5 cm³/mol. The summed E-state index contributed by atoms with van der Waals surface area (Å²) in [5, 5.41) is 9.13. The lowest BCUT2D eigenvalue weighted by atomic mass is 9.97. The van der Waals surface area contributed by atoms with E-state index in [2.05, 4.69) is 4.90 Å². The van der Waals surface area contributed by atoms with Gasteiger partial charge in [0.1, 0.15) is 4.88 Å². The summed E-state index contributed by atoms with van der Waals surface area (Å²) in [6, 6.07) is 1.95. The van der Waals surface area contributed by atoms with E-state index in [0.717, 1.165) is 32.5 Å². The molecule has 0 aliphatic carbocycles. The number of aliphatic hydroxyl groups excluding tert-OH is 1. The fraction of sp³-hybridized carbons (Fsp3) is 0.643. The minimum atomic E-state index is -0.252. The van der Waals surface area contributed by atoms with Crippen LogP contribution in [0.15, 0.2) is 6.07 Å². The van der Waals surface area contributed by atoms with Gasteiger partial charge in [-0.15, -0.1) is 11.3 Å². The number of nitrogens with zero attached hydrogens (tertiary/aromatic N) is 1. The number of methoxy groups -OCH3 is 1. The number of ether oxygens (including phenoxy) is 1. The Balaban J connectivity index is 1.96. The molecule has 2 rings (SSSR count). The highest BCUT2D eigenvalue weighted by molar-refractivity contribution is 7.14. The quantitative estimate of drug-likeness (QED) is 0.859. The second kappa shape index (κ2) is 6.50. The van der Waals surface area contributed by atoms with E-state index in [1.807, 2.05) is 13.0 Å². The van der Waals surface area contributed by atoms with Crippen LogP contribution in [0.5, 0.6) is 0 Å². The summed E-state index contributed by atoms with van der Waals surface area (Å²) in [5.41, 5.74) is 1.22. The molecule has 0 bridgehead atoms. The van der Waals surface area contributed by atoms with Gasteiger partial charge < -0.3 is 9.84 Å². The maximum absolute atomic E-state index is 11.5. The van der Waals surface area contributed by atoms with Crippen LogP contribution in [0.3, 0.4) is 0 Å². The molecule has 0 saturated carbocycles. The molecule has 0 spiro atoms. The summed E-state index contributed by atoms with van der Waals surface area (Å²) in [5.74, 6) is 0.212. The fourth-order valence-electron chi connectivity index (χ4n) is 2.45. The zero-order valence-corrected chi connectivity index (χ0v) is 12.3. The molecular weight excluding hydrogens is 262 g/mol. The van der Waals surface area contributed by atoms with Gasteiger partial charge in [-0.05, 0) is 50.4 Å². The Kier molecular flexibility index (Phi) is 4.96. The molecule has 1 aliphatic rings. The highest BCUT2D eigenvalue weighted by atomic mass is 32.1. The van der Waals surface area contributed by atoms with Gasteiger partial charge in [0.25, 0.3) is 0 Å². The van der Waals surface area contributed by atoms with E-state index in [9.17, 15) is 4.79 Å². The van der Waals surface area contributed by atoms with Crippen LogP contribution >= 0.6 is 11.3 Å². The first-order chi connectivity index (χ1) is 9.13. The number of carbonyl (C=O) groups is 1. The molecule has 1 saturated heterocycles. The second-order valence-corrected chi connectivity index (χ2v) is 6.34. The van der Waals surface area contributed by atoms with E-state index < -0.39 is 0 Å². The third-order valence-electron chi connectivity index (χ3n) is 3.77. The number of aliphatic hydroxyl groups is 1. The van der Waals surface area contributed by atoms with Crippen LogP contribution in [0.4, 0.5) is 0 Å². The van der Waals surface area contributed by atoms with Crippen LogP contribution < -0.4 is 0 Å². The summed E-state index contributed by atoms with van der Waals surface area (Å²) < 4.78 is 4.75. The van der Waals surface area contributed by atoms with E-state index in [1.54, 1.807) is 0 Å². The van der Waals surface area contributed by atoms with Gasteiger partial charge in [-0.1, -0.05) is 0 Å². The summed E-state index contributed by atoms with van der Waals surface area (Å²) in [6.45, 7) is 5.28. The highest BCUT2D eigenvalue weighted by Crippen LogP contribution is 2.25. The van der Waals surface area contributed by atoms with Crippen molar-refractivity contribution in [2.24, 2.45) is 5.92 Å². The molecular formula is C14H21NO3S. The number of hydrogen-bond donors (Lipinski definition) is 1. The Labute approximate surface area is 118 Å². The first-order valence-electron chi connectivity index (χ1n) is 6.65. The van der Waals surface area contributed by atoms with Crippen LogP contribution in [-0.4, -0.2) is 42.8 Å². The highest BCUT2D eigenvalue weighted by Gasteiger charge is 2.20. The minimum Gasteiger partial charge on any atom is -0.465 e. The standard InChI is InChI=1S/C14H21NO3S/c1-10-12(7-13(19-10)14(17)18-2)8-15-5-3-11(9-16)4-6-15/h7,11,16H,3-6,8-9H2,1-2H3. The predicted octanol–water partition coefficient (Wildman–Crippen LogP) is 2.05. The lowest BCUT2D eigenvalue weighted by molar-refractivity contribution is 0.0606. The Morgan fingerprint density at radius 1 is 1.53 bits per heavy atom. The summed E-state index contributed by atoms with van der Waals surface area (Å²) in [4.78, 5) is 15.8. The number of rotatable bonds is 4. The summed E-state index contributed by atoms with van der Waals surface area (Å²) in [6.07, 6.45) is 2.12. The van der Waals surface area contributed by atoms with Crippen molar-refractivity contribution in [2.45, 2.75) is 26.3 Å². The topological polar surface area (TPSA) is 49.8 Å². The van der Waals surface area contributed by atoms with Gasteiger partial charge in [-0.25, -0.2) is 4.79 Å². The van der Waals surface area contributed by atoms with Crippen molar-refractivity contribution >= 4 is 17.3 Å². The van der Waals surface area contributed by atoms with Gasteiger partial charge in [0.15, 0.2) is 0 Å². The van der Waals surface area contributed by atoms with Crippen molar-refractivity contribution in [2.75, 3.05) is 26.8 Å². The van der Waals surface area contributed by atoms with E-state index >= 15 is 0 Å². The molecule has 0 atom stereocenters. The zero-order chi connectivity index (χ0) is 13.8. The van der Waals surface area contributed by atoms with E-state index in [1.165, 1.54) is 28.9 Å². The Morgan fingerprint density at radius 3 is 2.79 bits per heavy atom. The number of likely N-dealkylation sites (tertiary alicyclic amines) is 1. The van der Waals surface area contributed by atoms with E-state index in [0.29, 0.717) is 17.4 Å². The van der Waals surface area contributed by atoms with Gasteiger partial charge >= 0.3 is 5.97 Å². The number of thiophene rings is 1. The van der Waals surface area contributed by atoms with Gasteiger partial charge in [-0.3, -0.25) is 4.90 Å². The lowest BCUT2D eigenvalue weighted by Gasteiger charge is -2.30. The van der Waals surface area contributed by atoms with E-state index in [4.69, 9.17) is 9.84 Å². The van der Waals surface area contributed by atoms with E-state index in [-0.39, 0.29) is 5.97 Å². The van der Waals surface area contributed by atoms with Crippen molar-refractivity contribution < 1.29 is 14.6 Å². The molecule has 0 aromatic carbocycles. The second-order valence-electron chi connectivity index (χ2n) is 5.09. The van der Waals surface area contributed by atoms with Crippen LogP contribution in [0, 0.1) is 12.8 Å². The van der Waals surface area contributed by atoms with Gasteiger partial charge in [0, 0.05) is 18.0 Å². The monoisotopic (exact) mass is 283 g/mol. The number of hydrogen-bond acceptors (Lipinski definition) is 5. The van der Waals surface area contributed by atoms with Gasteiger partial charge in [-0.2, -0.15) is 0 Å². The normalized spacial score (nSPS) is 17.6. The third kappa shape index (κ3) is 3.55. The molecule has 1 fully saturated rings. The minimum absolute atomic E-state index is 0.252. The van der Waals surface area contributed by atoms with Crippen molar-refractivity contribution in [3.63, 3.8) is 0 Å². The number of piperidine rings is 1. The molecule has 0 radical (unpaired) electrons. The van der Waals surface area contributed by atoms with Crippen LogP contribution in [-0.2, 0) is 11.3 Å². The molecule has 1 aromatic heterocycles. The molecule has 5 heteroatoms. The van der Waals surface area contributed by atoms with Crippen molar-refractivity contribution in [1.82, 2.24) is 4.90 Å². The van der Waals surface area contributed by atoms with Gasteiger partial charge in [0.2, 0.25) is 0 Å².